The van der Waals surface area contributed by atoms with E-state index in [0.717, 1.165) is 38.9 Å². The van der Waals surface area contributed by atoms with E-state index in [-0.39, 0.29) is 17.5 Å². The third kappa shape index (κ3) is 4.81. The first-order chi connectivity index (χ1) is 18.3. The van der Waals surface area contributed by atoms with Crippen LogP contribution in [0.15, 0.2) is 91.3 Å². The van der Waals surface area contributed by atoms with Crippen molar-refractivity contribution in [2.75, 3.05) is 0 Å². The summed E-state index contributed by atoms with van der Waals surface area (Å²) in [6.45, 7) is 6.81. The molecular weight excluding hydrogens is 474 g/mol. The predicted molar refractivity (Wildman–Crippen MR) is 149 cm³/mol. The second-order valence-electron chi connectivity index (χ2n) is 9.55. The lowest BCUT2D eigenvalue weighted by molar-refractivity contribution is 0.0697. The van der Waals surface area contributed by atoms with Crippen molar-refractivity contribution >= 4 is 22.8 Å². The third-order valence-corrected chi connectivity index (χ3v) is 7.22. The Hall–Kier alpha value is -4.71. The van der Waals surface area contributed by atoms with Crippen LogP contribution in [0.5, 0.6) is 0 Å². The Morgan fingerprint density at radius 1 is 0.947 bits per heavy atom. The molecule has 38 heavy (non-hydrogen) atoms. The van der Waals surface area contributed by atoms with Gasteiger partial charge in [0.05, 0.1) is 11.6 Å². The monoisotopic (exact) mass is 503 g/mol. The Kier molecular flexibility index (Phi) is 6.79. The highest BCUT2D eigenvalue weighted by atomic mass is 16.4. The van der Waals surface area contributed by atoms with Gasteiger partial charge in [-0.05, 0) is 85.0 Å². The molecule has 0 saturated carbocycles. The van der Waals surface area contributed by atoms with Crippen LogP contribution >= 0.6 is 0 Å². The van der Waals surface area contributed by atoms with E-state index in [9.17, 15) is 14.7 Å². The molecule has 0 saturated heterocycles. The van der Waals surface area contributed by atoms with Gasteiger partial charge in [0.15, 0.2) is 0 Å². The minimum atomic E-state index is -0.936. The van der Waals surface area contributed by atoms with Gasteiger partial charge in [-0.25, -0.2) is 4.79 Å². The summed E-state index contributed by atoms with van der Waals surface area (Å²) in [7, 11) is 0. The average Bonchev–Trinajstić information content (AvgIpc) is 3.18. The number of carboxylic acids is 1. The highest BCUT2D eigenvalue weighted by molar-refractivity contribution is 5.99. The zero-order valence-corrected chi connectivity index (χ0v) is 21.6. The number of rotatable bonds is 7. The molecule has 1 atom stereocenters. The highest BCUT2D eigenvalue weighted by Gasteiger charge is 2.17. The summed E-state index contributed by atoms with van der Waals surface area (Å²) in [4.78, 5) is 28.7. The minimum absolute atomic E-state index is 0.113. The predicted octanol–water partition coefficient (Wildman–Crippen LogP) is 6.56. The molecule has 1 unspecified atom stereocenters. The minimum Gasteiger partial charge on any atom is -0.478 e. The summed E-state index contributed by atoms with van der Waals surface area (Å²) in [6, 6.07) is 24.6. The fraction of sp³-hybridized carbons (Fsp3) is 0.156. The Morgan fingerprint density at radius 3 is 2.37 bits per heavy atom. The molecule has 6 nitrogen and oxygen atoms in total. The second-order valence-corrected chi connectivity index (χ2v) is 9.55. The van der Waals surface area contributed by atoms with Gasteiger partial charge < -0.3 is 15.0 Å². The van der Waals surface area contributed by atoms with E-state index in [2.05, 4.69) is 28.7 Å². The molecule has 0 aliphatic heterocycles. The lowest BCUT2D eigenvalue weighted by Gasteiger charge is -2.14. The third-order valence-electron chi connectivity index (χ3n) is 7.22. The van der Waals surface area contributed by atoms with Gasteiger partial charge >= 0.3 is 5.97 Å². The van der Waals surface area contributed by atoms with Gasteiger partial charge in [-0.2, -0.15) is 0 Å². The molecule has 2 heterocycles. The number of hydrogen-bond acceptors (Lipinski definition) is 3. The summed E-state index contributed by atoms with van der Waals surface area (Å²) in [6.07, 6.45) is 3.45. The van der Waals surface area contributed by atoms with Crippen molar-refractivity contribution in [3.8, 4) is 11.1 Å². The molecule has 3 aromatic carbocycles. The van der Waals surface area contributed by atoms with Crippen LogP contribution in [0, 0.1) is 13.8 Å². The number of aromatic nitrogens is 2. The first-order valence-corrected chi connectivity index (χ1v) is 12.6. The first-order valence-electron chi connectivity index (χ1n) is 12.6. The van der Waals surface area contributed by atoms with E-state index < -0.39 is 5.97 Å². The zero-order valence-electron chi connectivity index (χ0n) is 21.6. The summed E-state index contributed by atoms with van der Waals surface area (Å²) in [5.41, 5.74) is 7.95. The molecule has 0 fully saturated rings. The number of hydrogen-bond donors (Lipinski definition) is 2. The smallest absolute Gasteiger partial charge is 0.336 e. The van der Waals surface area contributed by atoms with Crippen LogP contribution in [0.1, 0.15) is 56.1 Å². The maximum atomic E-state index is 13.0. The van der Waals surface area contributed by atoms with Gasteiger partial charge in [0.1, 0.15) is 0 Å². The van der Waals surface area contributed by atoms with Crippen molar-refractivity contribution < 1.29 is 14.7 Å². The first kappa shape index (κ1) is 25.0. The van der Waals surface area contributed by atoms with Gasteiger partial charge in [0.25, 0.3) is 5.91 Å². The van der Waals surface area contributed by atoms with Crippen molar-refractivity contribution in [1.29, 1.82) is 0 Å². The molecule has 5 aromatic rings. The van der Waals surface area contributed by atoms with Gasteiger partial charge in [-0.3, -0.25) is 9.78 Å². The molecule has 2 aromatic heterocycles. The average molecular weight is 504 g/mol. The SMILES string of the molecule is Cc1c(C)n(Cc2ccc(-c3ccccc3C(=O)O)cc2)c2ccc(C(=O)NC(C)c3ccncc3)cc12. The largest absolute Gasteiger partial charge is 0.478 e. The van der Waals surface area contributed by atoms with Crippen LogP contribution in [0.3, 0.4) is 0 Å². The van der Waals surface area contributed by atoms with Gasteiger partial charge in [-0.15, -0.1) is 0 Å². The van der Waals surface area contributed by atoms with E-state index in [0.29, 0.717) is 17.7 Å². The molecule has 0 aliphatic carbocycles. The van der Waals surface area contributed by atoms with Crippen LogP contribution in [0.2, 0.25) is 0 Å². The molecule has 0 bridgehead atoms. The van der Waals surface area contributed by atoms with Crippen LogP contribution in [0.25, 0.3) is 22.0 Å². The van der Waals surface area contributed by atoms with Crippen molar-refractivity contribution in [3.63, 3.8) is 0 Å². The quantitative estimate of drug-likeness (QED) is 0.264. The molecule has 0 aliphatic rings. The highest BCUT2D eigenvalue weighted by Crippen LogP contribution is 2.29. The van der Waals surface area contributed by atoms with E-state index in [1.165, 1.54) is 0 Å². The summed E-state index contributed by atoms with van der Waals surface area (Å²) >= 11 is 0. The van der Waals surface area contributed by atoms with Crippen LogP contribution in [-0.2, 0) is 6.54 Å². The Morgan fingerprint density at radius 2 is 1.66 bits per heavy atom. The lowest BCUT2D eigenvalue weighted by atomic mass is 9.99. The maximum Gasteiger partial charge on any atom is 0.336 e. The number of fused-ring (bicyclic) bond motifs is 1. The fourth-order valence-corrected chi connectivity index (χ4v) is 4.90. The number of carboxylic acid groups (broad SMARTS) is 1. The zero-order chi connectivity index (χ0) is 26.8. The number of pyridine rings is 1. The van der Waals surface area contributed by atoms with Crippen LogP contribution < -0.4 is 5.32 Å². The molecule has 2 N–H and O–H groups in total. The number of aromatic carboxylic acids is 1. The van der Waals surface area contributed by atoms with E-state index in [1.807, 2.05) is 73.7 Å². The Balaban J connectivity index is 1.39. The van der Waals surface area contributed by atoms with Crippen LogP contribution in [0.4, 0.5) is 0 Å². The fourth-order valence-electron chi connectivity index (χ4n) is 4.90. The molecule has 1 amide bonds. The Labute approximate surface area is 221 Å². The molecule has 5 rings (SSSR count). The molecule has 0 radical (unpaired) electrons. The summed E-state index contributed by atoms with van der Waals surface area (Å²) in [5, 5.41) is 13.7. The molecule has 0 spiro atoms. The second kappa shape index (κ2) is 10.3. The normalized spacial score (nSPS) is 11.9. The number of nitrogens with zero attached hydrogens (tertiary/aromatic N) is 2. The van der Waals surface area contributed by atoms with Crippen molar-refractivity contribution in [1.82, 2.24) is 14.9 Å². The van der Waals surface area contributed by atoms with Gasteiger partial charge in [-0.1, -0.05) is 42.5 Å². The van der Waals surface area contributed by atoms with E-state index >= 15 is 0 Å². The number of carbonyl (C=O) groups excluding carboxylic acids is 1. The Bertz CT molecular complexity index is 1640. The molecule has 6 heteroatoms. The summed E-state index contributed by atoms with van der Waals surface area (Å²) < 4.78 is 2.26. The van der Waals surface area contributed by atoms with Crippen molar-refractivity contribution in [2.45, 2.75) is 33.4 Å². The number of benzene rings is 3. The van der Waals surface area contributed by atoms with Gasteiger partial charge in [0, 0.05) is 41.1 Å². The van der Waals surface area contributed by atoms with Crippen LogP contribution in [-0.4, -0.2) is 26.5 Å². The summed E-state index contributed by atoms with van der Waals surface area (Å²) in [5.74, 6) is -1.05. The van der Waals surface area contributed by atoms with E-state index in [1.54, 1.807) is 24.5 Å². The number of aryl methyl sites for hydroxylation is 1. The lowest BCUT2D eigenvalue weighted by Crippen LogP contribution is -2.26. The number of amides is 1. The van der Waals surface area contributed by atoms with E-state index in [4.69, 9.17) is 0 Å². The number of nitrogens with one attached hydrogen (secondary N) is 1. The maximum absolute atomic E-state index is 13.0. The van der Waals surface area contributed by atoms with Crippen molar-refractivity contribution in [3.05, 3.63) is 125 Å². The van der Waals surface area contributed by atoms with Gasteiger partial charge in [0.2, 0.25) is 0 Å². The molecular formula is C32H29N3O3. The van der Waals surface area contributed by atoms with Crippen molar-refractivity contribution in [2.24, 2.45) is 0 Å². The standard InChI is InChI=1S/C32H29N3O3/c1-20-22(3)35(19-23-8-10-25(11-9-23)27-6-4-5-7-28(27)32(37)38)30-13-12-26(18-29(20)30)31(36)34-21(2)24-14-16-33-17-15-24/h4-18,21H,19H2,1-3H3,(H,34,36)(H,37,38). The topological polar surface area (TPSA) is 84.2 Å². The number of carbonyl (C=O) groups is 2. The molecule has 190 valence electrons.